The molecule has 1 heterocycles. The van der Waals surface area contributed by atoms with E-state index in [1.54, 1.807) is 18.2 Å². The van der Waals surface area contributed by atoms with Crippen LogP contribution >= 0.6 is 0 Å². The number of ether oxygens (including phenoxy) is 1. The molecule has 0 unspecified atom stereocenters. The molecule has 0 saturated carbocycles. The van der Waals surface area contributed by atoms with Crippen molar-refractivity contribution < 1.29 is 19.9 Å². The van der Waals surface area contributed by atoms with Crippen LogP contribution in [0.3, 0.4) is 0 Å². The monoisotopic (exact) mass is 245 g/mol. The first kappa shape index (κ1) is 12.4. The Morgan fingerprint density at radius 2 is 2.00 bits per heavy atom. The first-order valence-electron chi connectivity index (χ1n) is 5.37. The minimum absolute atomic E-state index is 0.175. The summed E-state index contributed by atoms with van der Waals surface area (Å²) >= 11 is 0. The number of pyridine rings is 1. The summed E-state index contributed by atoms with van der Waals surface area (Å²) in [4.78, 5) is 3.84. The van der Waals surface area contributed by atoms with E-state index in [9.17, 15) is 5.11 Å². The lowest BCUT2D eigenvalue weighted by Crippen LogP contribution is -2.30. The second-order valence-corrected chi connectivity index (χ2v) is 3.79. The average Bonchev–Trinajstić information content (AvgIpc) is 2.37. The zero-order valence-corrected chi connectivity index (χ0v) is 9.52. The van der Waals surface area contributed by atoms with Crippen molar-refractivity contribution in [1.29, 1.82) is 0 Å². The Bertz CT molecular complexity index is 533. The summed E-state index contributed by atoms with van der Waals surface area (Å²) in [5.41, 5.74) is 1.08. The summed E-state index contributed by atoms with van der Waals surface area (Å²) in [5, 5.41) is 27.3. The molecule has 0 bridgehead atoms. The van der Waals surface area contributed by atoms with Crippen molar-refractivity contribution in [1.82, 2.24) is 4.98 Å². The van der Waals surface area contributed by atoms with Gasteiger partial charge in [0.05, 0.1) is 6.20 Å². The smallest absolute Gasteiger partial charge is 0.490 e. The average molecular weight is 245 g/mol. The highest BCUT2D eigenvalue weighted by Gasteiger charge is 2.11. The molecule has 0 spiro atoms. The molecular formula is C12H12BNO4. The van der Waals surface area contributed by atoms with Gasteiger partial charge in [0.1, 0.15) is 18.1 Å². The van der Waals surface area contributed by atoms with Crippen LogP contribution in [0.25, 0.3) is 0 Å². The highest BCUT2D eigenvalue weighted by Crippen LogP contribution is 2.14. The second kappa shape index (κ2) is 5.53. The maximum Gasteiger partial charge on any atom is 0.490 e. The molecule has 0 radical (unpaired) electrons. The maximum absolute atomic E-state index is 9.29. The Morgan fingerprint density at radius 1 is 1.17 bits per heavy atom. The Balaban J connectivity index is 2.04. The van der Waals surface area contributed by atoms with Gasteiger partial charge in [-0.15, -0.1) is 0 Å². The summed E-state index contributed by atoms with van der Waals surface area (Å²) in [6.45, 7) is 0.265. The number of benzene rings is 1. The van der Waals surface area contributed by atoms with Gasteiger partial charge in [0.25, 0.3) is 0 Å². The summed E-state index contributed by atoms with van der Waals surface area (Å²) in [5.74, 6) is 0.609. The van der Waals surface area contributed by atoms with Gasteiger partial charge < -0.3 is 19.9 Å². The first-order valence-corrected chi connectivity index (χ1v) is 5.37. The molecule has 6 heteroatoms. The van der Waals surface area contributed by atoms with Gasteiger partial charge in [-0.05, 0) is 23.8 Å². The third-order valence-electron chi connectivity index (χ3n) is 2.35. The molecule has 0 aliphatic rings. The van der Waals surface area contributed by atoms with E-state index >= 15 is 0 Å². The minimum atomic E-state index is -1.57. The van der Waals surface area contributed by atoms with E-state index < -0.39 is 7.12 Å². The van der Waals surface area contributed by atoms with Crippen molar-refractivity contribution in [2.75, 3.05) is 0 Å². The molecule has 0 atom stereocenters. The molecule has 0 amide bonds. The van der Waals surface area contributed by atoms with E-state index in [0.717, 1.165) is 5.56 Å². The number of aromatic nitrogens is 1. The van der Waals surface area contributed by atoms with Crippen molar-refractivity contribution in [3.63, 3.8) is 0 Å². The molecule has 0 aliphatic carbocycles. The molecular weight excluding hydrogens is 233 g/mol. The zero-order valence-electron chi connectivity index (χ0n) is 9.52. The zero-order chi connectivity index (χ0) is 13.0. The molecule has 92 valence electrons. The van der Waals surface area contributed by atoms with Crippen LogP contribution in [0.15, 0.2) is 42.7 Å². The molecule has 2 rings (SSSR count). The van der Waals surface area contributed by atoms with Gasteiger partial charge in [-0.1, -0.05) is 12.1 Å². The quantitative estimate of drug-likeness (QED) is 0.663. The Labute approximate surface area is 104 Å². The molecule has 5 nitrogen and oxygen atoms in total. The molecule has 0 saturated heterocycles. The maximum atomic E-state index is 9.29. The summed E-state index contributed by atoms with van der Waals surface area (Å²) in [6.07, 6.45) is 2.83. The standard InChI is InChI=1S/C12H12BNO4/c15-11-3-1-2-9(4-11)8-18-12-5-10(13(16)17)6-14-7-12/h1-7,15-17H,8H2. The van der Waals surface area contributed by atoms with E-state index in [4.69, 9.17) is 14.8 Å². The predicted octanol–water partition coefficient (Wildman–Crippen LogP) is 0.0460. The number of hydrogen-bond acceptors (Lipinski definition) is 5. The lowest BCUT2D eigenvalue weighted by molar-refractivity contribution is 0.304. The highest BCUT2D eigenvalue weighted by molar-refractivity contribution is 6.58. The first-order chi connectivity index (χ1) is 8.65. The van der Waals surface area contributed by atoms with Gasteiger partial charge in [-0.2, -0.15) is 0 Å². The van der Waals surface area contributed by atoms with E-state index in [-0.39, 0.29) is 17.8 Å². The van der Waals surface area contributed by atoms with Crippen LogP contribution in [-0.4, -0.2) is 27.3 Å². The molecule has 2 aromatic rings. The predicted molar refractivity (Wildman–Crippen MR) is 66.5 cm³/mol. The summed E-state index contributed by atoms with van der Waals surface area (Å²) in [6, 6.07) is 8.21. The summed E-state index contributed by atoms with van der Waals surface area (Å²) in [7, 11) is -1.57. The number of nitrogens with zero attached hydrogens (tertiary/aromatic N) is 1. The minimum Gasteiger partial charge on any atom is -0.508 e. The molecule has 1 aromatic heterocycles. The van der Waals surface area contributed by atoms with Crippen LogP contribution in [0.2, 0.25) is 0 Å². The van der Waals surface area contributed by atoms with Crippen molar-refractivity contribution in [2.24, 2.45) is 0 Å². The van der Waals surface area contributed by atoms with Crippen LogP contribution in [0.4, 0.5) is 0 Å². The van der Waals surface area contributed by atoms with Gasteiger partial charge in [0.15, 0.2) is 0 Å². The van der Waals surface area contributed by atoms with Crippen LogP contribution in [0.1, 0.15) is 5.56 Å². The number of phenolic OH excluding ortho intramolecular Hbond substituents is 1. The van der Waals surface area contributed by atoms with Crippen LogP contribution in [0, 0.1) is 0 Å². The van der Waals surface area contributed by atoms with Gasteiger partial charge in [0.2, 0.25) is 0 Å². The number of hydrogen-bond donors (Lipinski definition) is 3. The van der Waals surface area contributed by atoms with Crippen molar-refractivity contribution in [3.05, 3.63) is 48.3 Å². The Kier molecular flexibility index (Phi) is 3.81. The lowest BCUT2D eigenvalue weighted by Gasteiger charge is -2.07. The van der Waals surface area contributed by atoms with Gasteiger partial charge in [-0.3, -0.25) is 4.98 Å². The molecule has 0 aliphatic heterocycles. The van der Waals surface area contributed by atoms with Gasteiger partial charge in [-0.25, -0.2) is 0 Å². The van der Waals surface area contributed by atoms with Crippen LogP contribution in [0.5, 0.6) is 11.5 Å². The number of rotatable bonds is 4. The number of aromatic hydroxyl groups is 1. The fraction of sp³-hybridized carbons (Fsp3) is 0.0833. The van der Waals surface area contributed by atoms with Crippen LogP contribution < -0.4 is 10.2 Å². The topological polar surface area (TPSA) is 82.8 Å². The van der Waals surface area contributed by atoms with E-state index in [1.807, 2.05) is 6.07 Å². The Hall–Kier alpha value is -2.05. The van der Waals surface area contributed by atoms with E-state index in [0.29, 0.717) is 5.75 Å². The molecule has 0 fully saturated rings. The Morgan fingerprint density at radius 3 is 2.72 bits per heavy atom. The third-order valence-corrected chi connectivity index (χ3v) is 2.35. The third kappa shape index (κ3) is 3.22. The van der Waals surface area contributed by atoms with Crippen molar-refractivity contribution in [2.45, 2.75) is 6.61 Å². The lowest BCUT2D eigenvalue weighted by atomic mass is 9.82. The second-order valence-electron chi connectivity index (χ2n) is 3.79. The van der Waals surface area contributed by atoms with Crippen molar-refractivity contribution in [3.8, 4) is 11.5 Å². The number of phenols is 1. The SMILES string of the molecule is OB(O)c1cncc(OCc2cccc(O)c2)c1. The van der Waals surface area contributed by atoms with Gasteiger partial charge >= 0.3 is 7.12 Å². The molecule has 3 N–H and O–H groups in total. The normalized spacial score (nSPS) is 10.1. The molecule has 18 heavy (non-hydrogen) atoms. The van der Waals surface area contributed by atoms with Crippen molar-refractivity contribution >= 4 is 12.6 Å². The fourth-order valence-electron chi connectivity index (χ4n) is 1.47. The highest BCUT2D eigenvalue weighted by atomic mass is 16.5. The van der Waals surface area contributed by atoms with E-state index in [2.05, 4.69) is 4.98 Å². The molecule has 1 aromatic carbocycles. The summed E-state index contributed by atoms with van der Waals surface area (Å²) < 4.78 is 5.44. The van der Waals surface area contributed by atoms with Crippen LogP contribution in [-0.2, 0) is 6.61 Å². The fourth-order valence-corrected chi connectivity index (χ4v) is 1.47. The largest absolute Gasteiger partial charge is 0.508 e. The van der Waals surface area contributed by atoms with E-state index in [1.165, 1.54) is 18.5 Å². The van der Waals surface area contributed by atoms with Gasteiger partial charge in [0, 0.05) is 11.7 Å².